The van der Waals surface area contributed by atoms with Gasteiger partial charge in [0.1, 0.15) is 0 Å². The van der Waals surface area contributed by atoms with E-state index >= 15 is 0 Å². The summed E-state index contributed by atoms with van der Waals surface area (Å²) >= 11 is 4.09. The topological polar surface area (TPSA) is 74.0 Å². The van der Waals surface area contributed by atoms with Crippen molar-refractivity contribution in [1.82, 2.24) is 4.57 Å². The molecule has 0 bridgehead atoms. The first-order valence-electron chi connectivity index (χ1n) is 12.1. The molecule has 0 aliphatic heterocycles. The lowest BCUT2D eigenvalue weighted by Crippen LogP contribution is -2.18. The molecule has 4 nitrogen and oxygen atoms in total. The summed E-state index contributed by atoms with van der Waals surface area (Å²) in [5.74, 6) is 0.230. The molecule has 0 saturated carbocycles. The Bertz CT molecular complexity index is 922. The van der Waals surface area contributed by atoms with Crippen molar-refractivity contribution in [2.24, 2.45) is 11.5 Å². The van der Waals surface area contributed by atoms with Crippen LogP contribution in [0.4, 0.5) is 0 Å². The number of carbonyl (C=O) groups excluding carboxylic acids is 1. The van der Waals surface area contributed by atoms with Crippen molar-refractivity contribution in [2.75, 3.05) is 0 Å². The molecule has 3 rings (SSSR count). The van der Waals surface area contributed by atoms with Crippen molar-refractivity contribution < 1.29 is 4.79 Å². The maximum absolute atomic E-state index is 13.0. The molecule has 0 fully saturated rings. The highest BCUT2D eigenvalue weighted by Gasteiger charge is 2.14. The number of hydrogen-bond donors (Lipinski definition) is 2. The van der Waals surface area contributed by atoms with Gasteiger partial charge in [-0.3, -0.25) is 9.36 Å². The standard InChI is InChI=1S/C26H35NO.CH4N2S/c1-2-3-4-5-6-7-8-9-10-11-12-21-26(28)27-24-19-15-13-17-22(24)23-18-14-16-20-25(23)27;2-1(3)4/h13-20H,2-12,21H2,1H3;(H4,2,3,4). The number of para-hydroxylation sites is 2. The van der Waals surface area contributed by atoms with Crippen molar-refractivity contribution in [3.63, 3.8) is 0 Å². The molecule has 32 heavy (non-hydrogen) atoms. The van der Waals surface area contributed by atoms with E-state index in [1.165, 1.54) is 75.0 Å². The minimum atomic E-state index is 0.000000000000000222. The number of hydrogen-bond acceptors (Lipinski definition) is 2. The molecule has 0 unspecified atom stereocenters. The second kappa shape index (κ2) is 14.6. The van der Waals surface area contributed by atoms with Crippen molar-refractivity contribution in [3.05, 3.63) is 48.5 Å². The number of nitrogens with zero attached hydrogens (tertiary/aromatic N) is 1. The molecule has 0 atom stereocenters. The zero-order chi connectivity index (χ0) is 23.2. The van der Waals surface area contributed by atoms with Crippen LogP contribution in [0.3, 0.4) is 0 Å². The van der Waals surface area contributed by atoms with Crippen molar-refractivity contribution in [3.8, 4) is 0 Å². The molecular weight excluding hydrogens is 414 g/mol. The molecule has 0 spiro atoms. The van der Waals surface area contributed by atoms with Gasteiger partial charge in [-0.25, -0.2) is 0 Å². The summed E-state index contributed by atoms with van der Waals surface area (Å²) in [7, 11) is 0. The number of nitrogens with two attached hydrogens (primary N) is 2. The van der Waals surface area contributed by atoms with E-state index in [0.29, 0.717) is 6.42 Å². The zero-order valence-corrected chi connectivity index (χ0v) is 20.3. The molecule has 4 N–H and O–H groups in total. The van der Waals surface area contributed by atoms with Crippen LogP contribution in [0.1, 0.15) is 88.8 Å². The van der Waals surface area contributed by atoms with Gasteiger partial charge in [0.25, 0.3) is 0 Å². The van der Waals surface area contributed by atoms with Gasteiger partial charge in [-0.1, -0.05) is 108 Å². The fraction of sp³-hybridized carbons (Fsp3) is 0.481. The largest absolute Gasteiger partial charge is 0.377 e. The third kappa shape index (κ3) is 8.27. The number of unbranched alkanes of at least 4 members (excludes halogenated alkanes) is 10. The SMILES string of the molecule is CCCCCCCCCCCCCC(=O)n1c2ccccc2c2ccccc21.NC(N)=S. The van der Waals surface area contributed by atoms with Crippen LogP contribution in [0.2, 0.25) is 0 Å². The molecule has 5 heteroatoms. The average molecular weight is 454 g/mol. The van der Waals surface area contributed by atoms with Crippen molar-refractivity contribution in [1.29, 1.82) is 0 Å². The molecular formula is C27H39N3OS. The van der Waals surface area contributed by atoms with E-state index in [1.54, 1.807) is 0 Å². The first-order chi connectivity index (χ1) is 15.6. The highest BCUT2D eigenvalue weighted by molar-refractivity contribution is 7.80. The van der Waals surface area contributed by atoms with Crippen LogP contribution in [0.25, 0.3) is 21.8 Å². The van der Waals surface area contributed by atoms with Crippen LogP contribution in [0.5, 0.6) is 0 Å². The Kier molecular flexibility index (Phi) is 11.8. The van der Waals surface area contributed by atoms with Crippen LogP contribution < -0.4 is 11.5 Å². The Morgan fingerprint density at radius 2 is 1.09 bits per heavy atom. The van der Waals surface area contributed by atoms with E-state index in [0.717, 1.165) is 17.5 Å². The van der Waals surface area contributed by atoms with E-state index < -0.39 is 0 Å². The third-order valence-electron chi connectivity index (χ3n) is 5.82. The van der Waals surface area contributed by atoms with E-state index in [-0.39, 0.29) is 11.0 Å². The molecule has 0 saturated heterocycles. The fourth-order valence-corrected chi connectivity index (χ4v) is 4.24. The van der Waals surface area contributed by atoms with E-state index in [1.807, 2.05) is 28.8 Å². The molecule has 0 aliphatic carbocycles. The van der Waals surface area contributed by atoms with E-state index in [9.17, 15) is 4.79 Å². The normalized spacial score (nSPS) is 10.8. The summed E-state index contributed by atoms with van der Waals surface area (Å²) in [5.41, 5.74) is 11.3. The van der Waals surface area contributed by atoms with Crippen LogP contribution in [0.15, 0.2) is 48.5 Å². The van der Waals surface area contributed by atoms with Gasteiger partial charge in [0, 0.05) is 17.2 Å². The molecule has 0 aliphatic rings. The number of carbonyl (C=O) groups is 1. The lowest BCUT2D eigenvalue weighted by atomic mass is 10.1. The smallest absolute Gasteiger partial charge is 0.231 e. The van der Waals surface area contributed by atoms with Crippen LogP contribution in [-0.4, -0.2) is 15.6 Å². The van der Waals surface area contributed by atoms with Gasteiger partial charge in [-0.05, 0) is 30.8 Å². The monoisotopic (exact) mass is 453 g/mol. The maximum atomic E-state index is 13.0. The first kappa shape index (κ1) is 25.9. The van der Waals surface area contributed by atoms with Gasteiger partial charge in [0.05, 0.1) is 11.0 Å². The fourth-order valence-electron chi connectivity index (χ4n) is 4.24. The third-order valence-corrected chi connectivity index (χ3v) is 5.82. The highest BCUT2D eigenvalue weighted by atomic mass is 32.1. The number of aromatic nitrogens is 1. The first-order valence-corrected chi connectivity index (χ1v) is 12.5. The number of rotatable bonds is 12. The van der Waals surface area contributed by atoms with Crippen molar-refractivity contribution >= 4 is 45.0 Å². The molecule has 0 amide bonds. The minimum absolute atomic E-state index is 0.000000000000000222. The molecule has 3 aromatic rings. The summed E-state index contributed by atoms with van der Waals surface area (Å²) in [5, 5.41) is 2.34. The zero-order valence-electron chi connectivity index (χ0n) is 19.5. The minimum Gasteiger partial charge on any atom is -0.377 e. The Hall–Kier alpha value is -2.40. The molecule has 0 radical (unpaired) electrons. The Balaban J connectivity index is 0.000000837. The lowest BCUT2D eigenvalue weighted by molar-refractivity contribution is 0.0909. The van der Waals surface area contributed by atoms with Gasteiger partial charge in [-0.15, -0.1) is 0 Å². The number of benzene rings is 2. The average Bonchev–Trinajstić information content (AvgIpc) is 3.11. The van der Waals surface area contributed by atoms with Crippen LogP contribution in [0, 0.1) is 0 Å². The predicted octanol–water partition coefficient (Wildman–Crippen LogP) is 7.32. The van der Waals surface area contributed by atoms with Crippen LogP contribution in [-0.2, 0) is 0 Å². The summed E-state index contributed by atoms with van der Waals surface area (Å²) in [6.45, 7) is 2.27. The molecule has 2 aromatic carbocycles. The van der Waals surface area contributed by atoms with Gasteiger partial charge < -0.3 is 11.5 Å². The predicted molar refractivity (Wildman–Crippen MR) is 142 cm³/mol. The summed E-state index contributed by atoms with van der Waals surface area (Å²) in [4.78, 5) is 13.0. The molecule has 1 aromatic heterocycles. The number of thiocarbonyl (C=S) groups is 1. The molecule has 1 heterocycles. The van der Waals surface area contributed by atoms with E-state index in [2.05, 4.69) is 54.9 Å². The Morgan fingerprint density at radius 1 is 0.719 bits per heavy atom. The lowest BCUT2D eigenvalue weighted by Gasteiger charge is -2.06. The quantitative estimate of drug-likeness (QED) is 0.222. The highest BCUT2D eigenvalue weighted by Crippen LogP contribution is 2.29. The molecule has 174 valence electrons. The summed E-state index contributed by atoms with van der Waals surface area (Å²) in [6.07, 6.45) is 15.0. The van der Waals surface area contributed by atoms with Crippen molar-refractivity contribution in [2.45, 2.75) is 84.0 Å². The Morgan fingerprint density at radius 3 is 1.53 bits per heavy atom. The van der Waals surface area contributed by atoms with Gasteiger partial charge in [-0.2, -0.15) is 0 Å². The van der Waals surface area contributed by atoms with Gasteiger partial charge in [0.15, 0.2) is 5.11 Å². The summed E-state index contributed by atoms with van der Waals surface area (Å²) in [6, 6.07) is 16.5. The second-order valence-electron chi connectivity index (χ2n) is 8.45. The summed E-state index contributed by atoms with van der Waals surface area (Å²) < 4.78 is 1.93. The maximum Gasteiger partial charge on any atom is 0.231 e. The second-order valence-corrected chi connectivity index (χ2v) is 8.92. The van der Waals surface area contributed by atoms with E-state index in [4.69, 9.17) is 0 Å². The van der Waals surface area contributed by atoms with Crippen LogP contribution >= 0.6 is 12.2 Å². The number of fused-ring (bicyclic) bond motifs is 3. The van der Waals surface area contributed by atoms with Gasteiger partial charge >= 0.3 is 0 Å². The Labute approximate surface area is 198 Å². The van der Waals surface area contributed by atoms with Gasteiger partial charge in [0.2, 0.25) is 5.91 Å².